The molecule has 92 valence electrons. The molecule has 2 N–H and O–H groups in total. The monoisotopic (exact) mass is 236 g/mol. The van der Waals surface area contributed by atoms with E-state index in [1.165, 1.54) is 25.7 Å². The van der Waals surface area contributed by atoms with E-state index in [0.29, 0.717) is 12.8 Å². The first kappa shape index (κ1) is 15.2. The average molecular weight is 237 g/mol. The molecule has 0 saturated heterocycles. The van der Waals surface area contributed by atoms with Gasteiger partial charge in [-0.25, -0.2) is 0 Å². The Balaban J connectivity index is 3.65. The first-order chi connectivity index (χ1) is 7.18. The smallest absolute Gasteiger partial charge is 0.0490 e. The number of hydrogen-bond donors (Lipinski definition) is 2. The van der Waals surface area contributed by atoms with E-state index >= 15 is 0 Å². The normalized spacial score (nSPS) is 12.0. The van der Waals surface area contributed by atoms with Crippen LogP contribution in [-0.4, -0.2) is 28.3 Å². The highest BCUT2D eigenvalue weighted by Gasteiger charge is 2.25. The van der Waals surface area contributed by atoms with E-state index in [4.69, 9.17) is 21.8 Å². The molecule has 0 heterocycles. The molecular weight excluding hydrogens is 212 g/mol. The van der Waals surface area contributed by atoms with Crippen LogP contribution in [0.2, 0.25) is 0 Å². The number of rotatable bonds is 10. The summed E-state index contributed by atoms with van der Waals surface area (Å²) in [4.78, 5) is -0.379. The molecule has 0 radical (unpaired) electrons. The van der Waals surface area contributed by atoms with Gasteiger partial charge in [0.1, 0.15) is 0 Å². The van der Waals surface area contributed by atoms with Gasteiger partial charge in [0, 0.05) is 18.1 Å². The van der Waals surface area contributed by atoms with Crippen molar-refractivity contribution in [3.8, 4) is 0 Å². The molecule has 0 aromatic rings. The molecule has 0 aliphatic carbocycles. The van der Waals surface area contributed by atoms with Crippen molar-refractivity contribution in [1.29, 1.82) is 0 Å². The summed E-state index contributed by atoms with van der Waals surface area (Å²) in [5, 5.41) is 17.8. The number of unbranched alkanes of at least 4 members (excludes halogenated alkanes) is 4. The van der Waals surface area contributed by atoms with Crippen LogP contribution < -0.4 is 0 Å². The molecule has 0 aromatic carbocycles. The van der Waals surface area contributed by atoms with Gasteiger partial charge in [0.15, 0.2) is 0 Å². The Kier molecular flexibility index (Phi) is 9.57. The van der Waals surface area contributed by atoms with Gasteiger partial charge in [-0.15, -0.1) is 11.6 Å². The van der Waals surface area contributed by atoms with Gasteiger partial charge in [-0.1, -0.05) is 39.0 Å². The predicted molar refractivity (Wildman–Crippen MR) is 65.4 cm³/mol. The van der Waals surface area contributed by atoms with E-state index in [1.807, 2.05) is 0 Å². The van der Waals surface area contributed by atoms with E-state index in [9.17, 15) is 0 Å². The molecule has 0 amide bonds. The lowest BCUT2D eigenvalue weighted by molar-refractivity contribution is 0.220. The molecule has 2 nitrogen and oxygen atoms in total. The maximum absolute atomic E-state index is 8.90. The van der Waals surface area contributed by atoms with E-state index in [1.54, 1.807) is 0 Å². The molecule has 15 heavy (non-hydrogen) atoms. The quantitative estimate of drug-likeness (QED) is 0.452. The van der Waals surface area contributed by atoms with Crippen molar-refractivity contribution >= 4 is 11.6 Å². The summed E-state index contributed by atoms with van der Waals surface area (Å²) in [6.45, 7) is 2.42. The number of alkyl halides is 1. The molecule has 0 aliphatic heterocycles. The highest BCUT2D eigenvalue weighted by atomic mass is 35.5. The number of hydrogen-bond acceptors (Lipinski definition) is 2. The standard InChI is InChI=1S/C12H25ClO2/c1-2-3-4-5-6-7-12(13,8-10-14)9-11-15/h14-15H,2-11H2,1H3. The molecule has 0 atom stereocenters. The van der Waals surface area contributed by atoms with Gasteiger partial charge in [-0.3, -0.25) is 0 Å². The van der Waals surface area contributed by atoms with Crippen LogP contribution in [0.1, 0.15) is 58.3 Å². The van der Waals surface area contributed by atoms with Crippen molar-refractivity contribution in [3.63, 3.8) is 0 Å². The van der Waals surface area contributed by atoms with Crippen LogP contribution in [0.25, 0.3) is 0 Å². The van der Waals surface area contributed by atoms with Crippen molar-refractivity contribution in [3.05, 3.63) is 0 Å². The van der Waals surface area contributed by atoms with Crippen molar-refractivity contribution in [2.75, 3.05) is 13.2 Å². The van der Waals surface area contributed by atoms with Crippen LogP contribution in [0.5, 0.6) is 0 Å². The zero-order valence-corrected chi connectivity index (χ0v) is 10.6. The molecule has 0 aromatic heterocycles. The first-order valence-corrected chi connectivity index (χ1v) is 6.47. The minimum Gasteiger partial charge on any atom is -0.396 e. The van der Waals surface area contributed by atoms with E-state index in [2.05, 4.69) is 6.92 Å². The van der Waals surface area contributed by atoms with Crippen LogP contribution in [0.15, 0.2) is 0 Å². The third kappa shape index (κ3) is 8.06. The molecule has 0 rings (SSSR count). The molecule has 0 bridgehead atoms. The van der Waals surface area contributed by atoms with Crippen molar-refractivity contribution in [2.24, 2.45) is 0 Å². The zero-order valence-electron chi connectivity index (χ0n) is 9.84. The van der Waals surface area contributed by atoms with Crippen molar-refractivity contribution in [2.45, 2.75) is 63.2 Å². The SMILES string of the molecule is CCCCCCCC(Cl)(CCO)CCO. The minimum atomic E-state index is -0.379. The second-order valence-corrected chi connectivity index (χ2v) is 5.06. The second kappa shape index (κ2) is 9.44. The van der Waals surface area contributed by atoms with Gasteiger partial charge >= 0.3 is 0 Å². The summed E-state index contributed by atoms with van der Waals surface area (Å²) >= 11 is 6.33. The van der Waals surface area contributed by atoms with Crippen molar-refractivity contribution < 1.29 is 10.2 Å². The zero-order chi connectivity index (χ0) is 11.6. The van der Waals surface area contributed by atoms with Crippen LogP contribution >= 0.6 is 11.6 Å². The summed E-state index contributed by atoms with van der Waals surface area (Å²) in [7, 11) is 0. The highest BCUT2D eigenvalue weighted by Crippen LogP contribution is 2.30. The fourth-order valence-corrected chi connectivity index (χ4v) is 2.12. The van der Waals surface area contributed by atoms with Crippen LogP contribution in [-0.2, 0) is 0 Å². The molecular formula is C12H25ClO2. The fraction of sp³-hybridized carbons (Fsp3) is 1.00. The number of aliphatic hydroxyl groups is 2. The minimum absolute atomic E-state index is 0.110. The lowest BCUT2D eigenvalue weighted by Crippen LogP contribution is -2.24. The maximum atomic E-state index is 8.90. The lowest BCUT2D eigenvalue weighted by atomic mass is 9.93. The number of halogens is 1. The van der Waals surface area contributed by atoms with E-state index in [0.717, 1.165) is 12.8 Å². The first-order valence-electron chi connectivity index (χ1n) is 6.09. The molecule has 3 heteroatoms. The molecule has 0 unspecified atom stereocenters. The van der Waals surface area contributed by atoms with Gasteiger partial charge in [0.2, 0.25) is 0 Å². The fourth-order valence-electron chi connectivity index (χ4n) is 1.82. The summed E-state index contributed by atoms with van der Waals surface area (Å²) in [6.07, 6.45) is 8.18. The molecule has 0 aliphatic rings. The Morgan fingerprint density at radius 2 is 1.40 bits per heavy atom. The third-order valence-electron chi connectivity index (χ3n) is 2.85. The molecule has 0 spiro atoms. The second-order valence-electron chi connectivity index (χ2n) is 4.26. The largest absolute Gasteiger partial charge is 0.396 e. The highest BCUT2D eigenvalue weighted by molar-refractivity contribution is 6.23. The Bertz CT molecular complexity index is 134. The summed E-state index contributed by atoms with van der Waals surface area (Å²) in [5.41, 5.74) is 0. The number of aliphatic hydroxyl groups excluding tert-OH is 2. The third-order valence-corrected chi connectivity index (χ3v) is 3.42. The Morgan fingerprint density at radius 3 is 1.87 bits per heavy atom. The van der Waals surface area contributed by atoms with Gasteiger partial charge in [-0.2, -0.15) is 0 Å². The van der Waals surface area contributed by atoms with Gasteiger partial charge in [-0.05, 0) is 19.3 Å². The van der Waals surface area contributed by atoms with Crippen LogP contribution in [0.4, 0.5) is 0 Å². The molecule has 0 fully saturated rings. The average Bonchev–Trinajstić information content (AvgIpc) is 2.18. The Labute approximate surface area is 98.6 Å². The van der Waals surface area contributed by atoms with E-state index in [-0.39, 0.29) is 18.1 Å². The summed E-state index contributed by atoms with van der Waals surface area (Å²) in [6, 6.07) is 0. The van der Waals surface area contributed by atoms with Gasteiger partial charge < -0.3 is 10.2 Å². The predicted octanol–water partition coefficient (Wildman–Crippen LogP) is 3.09. The van der Waals surface area contributed by atoms with E-state index < -0.39 is 0 Å². The van der Waals surface area contributed by atoms with Crippen molar-refractivity contribution in [1.82, 2.24) is 0 Å². The van der Waals surface area contributed by atoms with Gasteiger partial charge in [0.25, 0.3) is 0 Å². The maximum Gasteiger partial charge on any atom is 0.0490 e. The van der Waals surface area contributed by atoms with Crippen LogP contribution in [0, 0.1) is 0 Å². The lowest BCUT2D eigenvalue weighted by Gasteiger charge is -2.25. The Morgan fingerprint density at radius 1 is 0.867 bits per heavy atom. The topological polar surface area (TPSA) is 40.5 Å². The Hall–Kier alpha value is 0.210. The van der Waals surface area contributed by atoms with Crippen LogP contribution in [0.3, 0.4) is 0 Å². The molecule has 0 saturated carbocycles. The summed E-state index contributed by atoms with van der Waals surface area (Å²) in [5.74, 6) is 0. The van der Waals surface area contributed by atoms with Gasteiger partial charge in [0.05, 0.1) is 0 Å². The summed E-state index contributed by atoms with van der Waals surface area (Å²) < 4.78 is 0.